The van der Waals surface area contributed by atoms with Crippen LogP contribution in [0.2, 0.25) is 0 Å². The number of benzene rings is 2. The second-order valence-electron chi connectivity index (χ2n) is 7.04. The van der Waals surface area contributed by atoms with Crippen molar-refractivity contribution in [3.8, 4) is 11.5 Å². The zero-order valence-electron chi connectivity index (χ0n) is 17.3. The van der Waals surface area contributed by atoms with Crippen molar-refractivity contribution in [1.29, 1.82) is 0 Å². The van der Waals surface area contributed by atoms with E-state index in [0.29, 0.717) is 34.9 Å². The van der Waals surface area contributed by atoms with Crippen LogP contribution in [0, 0.1) is 0 Å². The Bertz CT molecular complexity index is 1210. The van der Waals surface area contributed by atoms with Crippen molar-refractivity contribution in [3.63, 3.8) is 0 Å². The summed E-state index contributed by atoms with van der Waals surface area (Å²) >= 11 is 1.41. The maximum absolute atomic E-state index is 12.4. The Morgan fingerprint density at radius 3 is 2.56 bits per heavy atom. The first-order valence-corrected chi connectivity index (χ1v) is 11.0. The van der Waals surface area contributed by atoms with E-state index in [1.807, 2.05) is 60.0 Å². The number of thiophene rings is 1. The molecule has 32 heavy (non-hydrogen) atoms. The lowest BCUT2D eigenvalue weighted by atomic mass is 10.1. The van der Waals surface area contributed by atoms with E-state index >= 15 is 0 Å². The van der Waals surface area contributed by atoms with Gasteiger partial charge in [-0.2, -0.15) is 0 Å². The van der Waals surface area contributed by atoms with Crippen molar-refractivity contribution in [1.82, 2.24) is 10.3 Å². The first kappa shape index (κ1) is 21.6. The number of anilines is 1. The van der Waals surface area contributed by atoms with Crippen molar-refractivity contribution in [2.24, 2.45) is 0 Å². The summed E-state index contributed by atoms with van der Waals surface area (Å²) in [6.45, 7) is 0.794. The third-order valence-electron chi connectivity index (χ3n) is 4.79. The van der Waals surface area contributed by atoms with Gasteiger partial charge in [-0.25, -0.2) is 4.98 Å². The molecule has 0 fully saturated rings. The minimum absolute atomic E-state index is 0.130. The van der Waals surface area contributed by atoms with E-state index in [1.165, 1.54) is 17.5 Å². The molecule has 0 aliphatic rings. The van der Waals surface area contributed by atoms with E-state index in [4.69, 9.17) is 20.3 Å². The molecule has 164 valence electrons. The Kier molecular flexibility index (Phi) is 6.84. The number of hydrogen-bond acceptors (Lipinski definition) is 7. The minimum Gasteiger partial charge on any atom is -0.489 e. The summed E-state index contributed by atoms with van der Waals surface area (Å²) in [5, 5.41) is 14.2. The maximum Gasteiger partial charge on any atom is 0.254 e. The number of aliphatic hydroxyl groups excluding tert-OH is 1. The molecule has 8 heteroatoms. The van der Waals surface area contributed by atoms with Gasteiger partial charge in [-0.05, 0) is 23.1 Å². The number of aromatic nitrogens is 1. The Morgan fingerprint density at radius 2 is 1.81 bits per heavy atom. The number of pyridine rings is 1. The van der Waals surface area contributed by atoms with Gasteiger partial charge in [0.2, 0.25) is 0 Å². The van der Waals surface area contributed by atoms with Gasteiger partial charge in [-0.3, -0.25) is 4.79 Å². The Labute approximate surface area is 189 Å². The molecule has 0 bridgehead atoms. The summed E-state index contributed by atoms with van der Waals surface area (Å²) in [6.07, 6.45) is 1.46. The van der Waals surface area contributed by atoms with Crippen LogP contribution in [0.15, 0.2) is 66.2 Å². The summed E-state index contributed by atoms with van der Waals surface area (Å²) in [6, 6.07) is 17.4. The fourth-order valence-corrected chi connectivity index (χ4v) is 4.29. The highest BCUT2D eigenvalue weighted by Crippen LogP contribution is 2.33. The molecule has 0 saturated heterocycles. The van der Waals surface area contributed by atoms with Crippen LogP contribution in [0.4, 0.5) is 5.82 Å². The van der Waals surface area contributed by atoms with E-state index in [2.05, 4.69) is 10.3 Å². The largest absolute Gasteiger partial charge is 0.489 e. The van der Waals surface area contributed by atoms with E-state index in [0.717, 1.165) is 15.8 Å². The number of carbonyl (C=O) groups excluding carboxylic acids is 1. The fraction of sp³-hybridized carbons (Fsp3) is 0.167. The molecular formula is C24H23N3O4S. The molecule has 0 radical (unpaired) electrons. The number of aliphatic hydroxyl groups is 1. The molecule has 2 aromatic carbocycles. The predicted molar refractivity (Wildman–Crippen MR) is 125 cm³/mol. The van der Waals surface area contributed by atoms with Gasteiger partial charge in [0.25, 0.3) is 5.91 Å². The number of fused-ring (bicyclic) bond motifs is 1. The van der Waals surface area contributed by atoms with E-state index < -0.39 is 0 Å². The van der Waals surface area contributed by atoms with Gasteiger partial charge in [0.05, 0.1) is 16.9 Å². The van der Waals surface area contributed by atoms with Crippen molar-refractivity contribution >= 4 is 33.1 Å². The first-order chi connectivity index (χ1) is 15.7. The Morgan fingerprint density at radius 1 is 1.06 bits per heavy atom. The third-order valence-corrected chi connectivity index (χ3v) is 5.85. The summed E-state index contributed by atoms with van der Waals surface area (Å²) in [5.41, 5.74) is 8.47. The van der Waals surface area contributed by atoms with Crippen LogP contribution in [0.25, 0.3) is 10.1 Å². The number of ether oxygens (including phenoxy) is 2. The summed E-state index contributed by atoms with van der Waals surface area (Å²) in [7, 11) is 0. The lowest BCUT2D eigenvalue weighted by molar-refractivity contribution is 0.0946. The topological polar surface area (TPSA) is 107 Å². The molecule has 0 aliphatic carbocycles. The van der Waals surface area contributed by atoms with Crippen LogP contribution in [0.5, 0.6) is 11.5 Å². The van der Waals surface area contributed by atoms with Crippen molar-refractivity contribution in [2.75, 3.05) is 18.9 Å². The van der Waals surface area contributed by atoms with Gasteiger partial charge in [0.15, 0.2) is 0 Å². The molecule has 4 N–H and O–H groups in total. The van der Waals surface area contributed by atoms with E-state index in [1.54, 1.807) is 0 Å². The first-order valence-electron chi connectivity index (χ1n) is 10.1. The zero-order valence-corrected chi connectivity index (χ0v) is 18.1. The summed E-state index contributed by atoms with van der Waals surface area (Å²) in [4.78, 5) is 16.6. The molecule has 4 aromatic rings. The molecular weight excluding hydrogens is 426 g/mol. The van der Waals surface area contributed by atoms with Gasteiger partial charge in [0.1, 0.15) is 30.5 Å². The van der Waals surface area contributed by atoms with Gasteiger partial charge >= 0.3 is 0 Å². The number of nitrogens with two attached hydrogens (primary N) is 1. The SMILES string of the molecule is Nc1ncc(C(=O)NCCO)c2scc(COc3cccc(OCc4ccccc4)c3)c12. The van der Waals surface area contributed by atoms with Gasteiger partial charge < -0.3 is 25.6 Å². The summed E-state index contributed by atoms with van der Waals surface area (Å²) in [5.74, 6) is 1.43. The second-order valence-corrected chi connectivity index (χ2v) is 7.92. The molecule has 2 aromatic heterocycles. The highest BCUT2D eigenvalue weighted by Gasteiger charge is 2.17. The van der Waals surface area contributed by atoms with Crippen LogP contribution in [-0.4, -0.2) is 29.1 Å². The number of hydrogen-bond donors (Lipinski definition) is 3. The highest BCUT2D eigenvalue weighted by molar-refractivity contribution is 7.17. The molecule has 4 rings (SSSR count). The van der Waals surface area contributed by atoms with Crippen LogP contribution in [0.3, 0.4) is 0 Å². The molecule has 0 unspecified atom stereocenters. The smallest absolute Gasteiger partial charge is 0.254 e. The Hall–Kier alpha value is -3.62. The van der Waals surface area contributed by atoms with Gasteiger partial charge in [-0.15, -0.1) is 11.3 Å². The van der Waals surface area contributed by atoms with E-state index in [9.17, 15) is 4.79 Å². The molecule has 2 heterocycles. The average Bonchev–Trinajstić information content (AvgIpc) is 3.26. The molecule has 0 spiro atoms. The number of rotatable bonds is 9. The van der Waals surface area contributed by atoms with Crippen LogP contribution in [0.1, 0.15) is 21.5 Å². The number of amides is 1. The highest BCUT2D eigenvalue weighted by atomic mass is 32.1. The normalized spacial score (nSPS) is 10.8. The molecule has 0 atom stereocenters. The molecule has 0 aliphatic heterocycles. The maximum atomic E-state index is 12.4. The number of nitrogens with zero attached hydrogens (tertiary/aromatic N) is 1. The van der Waals surface area contributed by atoms with Crippen molar-refractivity contribution < 1.29 is 19.4 Å². The molecule has 7 nitrogen and oxygen atoms in total. The quantitative estimate of drug-likeness (QED) is 0.359. The molecule has 1 amide bonds. The fourth-order valence-electron chi connectivity index (χ4n) is 3.22. The van der Waals surface area contributed by atoms with Crippen LogP contribution in [-0.2, 0) is 13.2 Å². The van der Waals surface area contributed by atoms with E-state index in [-0.39, 0.29) is 25.7 Å². The average molecular weight is 450 g/mol. The predicted octanol–water partition coefficient (Wildman–Crippen LogP) is 3.76. The lowest BCUT2D eigenvalue weighted by Gasteiger charge is -2.10. The van der Waals surface area contributed by atoms with Crippen molar-refractivity contribution in [2.45, 2.75) is 13.2 Å². The second kappa shape index (κ2) is 10.1. The minimum atomic E-state index is -0.297. The Balaban J connectivity index is 1.47. The lowest BCUT2D eigenvalue weighted by Crippen LogP contribution is -2.26. The van der Waals surface area contributed by atoms with Crippen molar-refractivity contribution in [3.05, 3.63) is 82.9 Å². The van der Waals surface area contributed by atoms with Gasteiger partial charge in [0, 0.05) is 29.8 Å². The number of carbonyl (C=O) groups is 1. The van der Waals surface area contributed by atoms with Gasteiger partial charge in [-0.1, -0.05) is 36.4 Å². The third kappa shape index (κ3) is 4.99. The monoisotopic (exact) mass is 449 g/mol. The van der Waals surface area contributed by atoms with Crippen LogP contribution >= 0.6 is 11.3 Å². The molecule has 0 saturated carbocycles. The summed E-state index contributed by atoms with van der Waals surface area (Å²) < 4.78 is 12.6. The zero-order chi connectivity index (χ0) is 22.3. The number of nitrogen functional groups attached to an aromatic ring is 1. The standard InChI is InChI=1S/C24H23N3O4S/c25-23-21-17(15-32-22(21)20(12-27-23)24(29)26-9-10-28)14-31-19-8-4-7-18(11-19)30-13-16-5-2-1-3-6-16/h1-8,11-12,15,28H,9-10,13-14H2,(H2,25,27)(H,26,29). The van der Waals surface area contributed by atoms with Crippen LogP contribution < -0.4 is 20.5 Å². The number of nitrogens with one attached hydrogen (secondary N) is 1.